The smallest absolute Gasteiger partial charge is 0.187 e. The van der Waals surface area contributed by atoms with E-state index in [0.29, 0.717) is 32.3 Å². The van der Waals surface area contributed by atoms with E-state index < -0.39 is 5.82 Å². The Hall–Kier alpha value is -1.99. The number of tetrazole rings is 1. The number of anilines is 1. The highest BCUT2D eigenvalue weighted by Crippen LogP contribution is 2.27. The van der Waals surface area contributed by atoms with Crippen molar-refractivity contribution >= 4 is 33.2 Å². The molecule has 0 aliphatic carbocycles. The fourth-order valence-electron chi connectivity index (χ4n) is 1.84. The van der Waals surface area contributed by atoms with Gasteiger partial charge < -0.3 is 5.73 Å². The van der Waals surface area contributed by atoms with Crippen LogP contribution in [0.5, 0.6) is 0 Å². The Balaban J connectivity index is 2.12. The lowest BCUT2D eigenvalue weighted by Gasteiger charge is -2.06. The lowest BCUT2D eigenvalue weighted by molar-refractivity contribution is 0.618. The molecule has 8 heteroatoms. The van der Waals surface area contributed by atoms with Gasteiger partial charge in [-0.05, 0) is 56.7 Å². The summed E-state index contributed by atoms with van der Waals surface area (Å²) < 4.78 is 15.5. The zero-order chi connectivity index (χ0) is 15.0. The molecule has 0 saturated carbocycles. The molecule has 5 nitrogen and oxygen atoms in total. The van der Waals surface area contributed by atoms with E-state index in [1.165, 1.54) is 10.7 Å². The Morgan fingerprint density at radius 2 is 2.00 bits per heavy atom. The van der Waals surface area contributed by atoms with Crippen molar-refractivity contribution in [2.45, 2.75) is 0 Å². The molecule has 1 aromatic heterocycles. The summed E-state index contributed by atoms with van der Waals surface area (Å²) in [4.78, 5) is 0. The van der Waals surface area contributed by atoms with Crippen LogP contribution in [0.2, 0.25) is 5.02 Å². The van der Waals surface area contributed by atoms with Crippen molar-refractivity contribution in [1.82, 2.24) is 20.2 Å². The Kier molecular flexibility index (Phi) is 3.60. The average molecular weight is 369 g/mol. The number of aromatic nitrogens is 4. The highest BCUT2D eigenvalue weighted by Gasteiger charge is 2.13. The van der Waals surface area contributed by atoms with E-state index >= 15 is 0 Å². The standard InChI is InChI=1S/C13H8BrClFN5/c14-9-3-2-8(6-11(9)16)21-13(18-19-20-21)7-1-4-10(15)12(17)5-7/h1-6H,17H2. The van der Waals surface area contributed by atoms with E-state index in [9.17, 15) is 4.39 Å². The summed E-state index contributed by atoms with van der Waals surface area (Å²) >= 11 is 9.01. The molecule has 1 heterocycles. The van der Waals surface area contributed by atoms with E-state index in [4.69, 9.17) is 17.3 Å². The molecule has 21 heavy (non-hydrogen) atoms. The van der Waals surface area contributed by atoms with E-state index in [1.807, 2.05) is 0 Å². The van der Waals surface area contributed by atoms with Crippen LogP contribution >= 0.6 is 27.5 Å². The largest absolute Gasteiger partial charge is 0.398 e. The van der Waals surface area contributed by atoms with Crippen molar-refractivity contribution in [2.75, 3.05) is 5.73 Å². The molecule has 0 unspecified atom stereocenters. The van der Waals surface area contributed by atoms with Gasteiger partial charge in [0.05, 0.1) is 20.9 Å². The minimum absolute atomic E-state index is 0.372. The van der Waals surface area contributed by atoms with Crippen LogP contribution in [-0.4, -0.2) is 20.2 Å². The Morgan fingerprint density at radius 3 is 2.71 bits per heavy atom. The van der Waals surface area contributed by atoms with Crippen LogP contribution in [0, 0.1) is 5.82 Å². The minimum Gasteiger partial charge on any atom is -0.398 e. The van der Waals surface area contributed by atoms with Crippen LogP contribution in [0.1, 0.15) is 0 Å². The number of benzene rings is 2. The monoisotopic (exact) mass is 367 g/mol. The minimum atomic E-state index is -0.399. The van der Waals surface area contributed by atoms with Gasteiger partial charge in [0.15, 0.2) is 5.82 Å². The highest BCUT2D eigenvalue weighted by atomic mass is 79.9. The van der Waals surface area contributed by atoms with E-state index in [2.05, 4.69) is 31.5 Å². The van der Waals surface area contributed by atoms with Crippen LogP contribution in [0.4, 0.5) is 10.1 Å². The normalized spacial score (nSPS) is 10.8. The summed E-state index contributed by atoms with van der Waals surface area (Å²) in [5.74, 6) is 0.0460. The van der Waals surface area contributed by atoms with E-state index in [1.54, 1.807) is 30.3 Å². The van der Waals surface area contributed by atoms with Crippen LogP contribution in [0.15, 0.2) is 40.9 Å². The number of hydrogen-bond acceptors (Lipinski definition) is 4. The van der Waals surface area contributed by atoms with E-state index in [-0.39, 0.29) is 0 Å². The maximum Gasteiger partial charge on any atom is 0.187 e. The predicted octanol–water partition coefficient (Wildman–Crippen LogP) is 3.47. The summed E-state index contributed by atoms with van der Waals surface area (Å²) in [6.07, 6.45) is 0. The molecular formula is C13H8BrClFN5. The molecular weight excluding hydrogens is 361 g/mol. The van der Waals surface area contributed by atoms with E-state index in [0.717, 1.165) is 0 Å². The van der Waals surface area contributed by atoms with Gasteiger partial charge in [-0.3, -0.25) is 0 Å². The summed E-state index contributed by atoms with van der Waals surface area (Å²) in [6.45, 7) is 0. The molecule has 0 saturated heterocycles. The number of nitrogens with two attached hydrogens (primary N) is 1. The molecule has 0 bridgehead atoms. The van der Waals surface area contributed by atoms with Gasteiger partial charge in [-0.25, -0.2) is 4.39 Å². The summed E-state index contributed by atoms with van der Waals surface area (Å²) in [5, 5.41) is 11.9. The molecule has 0 spiro atoms. The first-order chi connectivity index (χ1) is 10.1. The number of rotatable bonds is 2. The van der Waals surface area contributed by atoms with Crippen molar-refractivity contribution in [3.63, 3.8) is 0 Å². The molecule has 2 aromatic carbocycles. The van der Waals surface area contributed by atoms with Crippen LogP contribution in [0.25, 0.3) is 17.1 Å². The summed E-state index contributed by atoms with van der Waals surface area (Å²) in [6, 6.07) is 9.70. The SMILES string of the molecule is Nc1cc(-c2nnnn2-c2ccc(Br)c(F)c2)ccc1Cl. The average Bonchev–Trinajstić information content (AvgIpc) is 2.94. The second-order valence-corrected chi connectivity index (χ2v) is 5.51. The van der Waals surface area contributed by atoms with Gasteiger partial charge in [-0.2, -0.15) is 4.68 Å². The molecule has 0 radical (unpaired) electrons. The van der Waals surface area contributed by atoms with Gasteiger partial charge >= 0.3 is 0 Å². The van der Waals surface area contributed by atoms with Crippen LogP contribution in [0.3, 0.4) is 0 Å². The molecule has 3 rings (SSSR count). The quantitative estimate of drug-likeness (QED) is 0.703. The van der Waals surface area contributed by atoms with Crippen molar-refractivity contribution in [3.05, 3.63) is 51.7 Å². The van der Waals surface area contributed by atoms with Crippen molar-refractivity contribution in [3.8, 4) is 17.1 Å². The third kappa shape index (κ3) is 2.62. The Bertz CT molecular complexity index is 754. The Labute approximate surface area is 132 Å². The molecule has 106 valence electrons. The van der Waals surface area contributed by atoms with Gasteiger partial charge in [0.1, 0.15) is 5.82 Å². The van der Waals surface area contributed by atoms with Gasteiger partial charge in [-0.15, -0.1) is 5.10 Å². The molecule has 0 aliphatic rings. The second kappa shape index (κ2) is 5.42. The maximum atomic E-state index is 13.7. The highest BCUT2D eigenvalue weighted by molar-refractivity contribution is 9.10. The predicted molar refractivity (Wildman–Crippen MR) is 81.7 cm³/mol. The molecule has 0 fully saturated rings. The molecule has 2 N–H and O–H groups in total. The Morgan fingerprint density at radius 1 is 1.19 bits per heavy atom. The first kappa shape index (κ1) is 14.0. The first-order valence-electron chi connectivity index (χ1n) is 5.85. The maximum absolute atomic E-state index is 13.7. The fourth-order valence-corrected chi connectivity index (χ4v) is 2.20. The third-order valence-electron chi connectivity index (χ3n) is 2.87. The number of nitrogens with zero attached hydrogens (tertiary/aromatic N) is 4. The molecule has 0 amide bonds. The van der Waals surface area contributed by atoms with Gasteiger partial charge in [0.2, 0.25) is 0 Å². The van der Waals surface area contributed by atoms with Gasteiger partial charge in [-0.1, -0.05) is 11.6 Å². The van der Waals surface area contributed by atoms with Crippen molar-refractivity contribution < 1.29 is 4.39 Å². The lowest BCUT2D eigenvalue weighted by Crippen LogP contribution is -2.01. The zero-order valence-corrected chi connectivity index (χ0v) is 12.8. The topological polar surface area (TPSA) is 69.6 Å². The first-order valence-corrected chi connectivity index (χ1v) is 7.02. The molecule has 0 aliphatic heterocycles. The summed E-state index contributed by atoms with van der Waals surface area (Å²) in [7, 11) is 0. The number of halogens is 3. The van der Waals surface area contributed by atoms with Crippen LogP contribution in [-0.2, 0) is 0 Å². The zero-order valence-electron chi connectivity index (χ0n) is 10.5. The fraction of sp³-hybridized carbons (Fsp3) is 0. The lowest BCUT2D eigenvalue weighted by atomic mass is 10.2. The molecule has 3 aromatic rings. The summed E-state index contributed by atoms with van der Waals surface area (Å²) in [5.41, 5.74) is 7.39. The number of nitrogen functional groups attached to an aromatic ring is 1. The third-order valence-corrected chi connectivity index (χ3v) is 3.86. The van der Waals surface area contributed by atoms with Crippen LogP contribution < -0.4 is 5.73 Å². The molecule has 0 atom stereocenters. The second-order valence-electron chi connectivity index (χ2n) is 4.25. The van der Waals surface area contributed by atoms with Crippen molar-refractivity contribution in [2.24, 2.45) is 0 Å². The number of hydrogen-bond donors (Lipinski definition) is 1. The van der Waals surface area contributed by atoms with Gasteiger partial charge in [0, 0.05) is 11.6 Å². The van der Waals surface area contributed by atoms with Gasteiger partial charge in [0.25, 0.3) is 0 Å². The van der Waals surface area contributed by atoms with Crippen molar-refractivity contribution in [1.29, 1.82) is 0 Å².